The second-order valence-corrected chi connectivity index (χ2v) is 10.4. The fraction of sp³-hybridized carbons (Fsp3) is 0.286. The topological polar surface area (TPSA) is 81.5 Å². The van der Waals surface area contributed by atoms with Crippen LogP contribution in [0.2, 0.25) is 0 Å². The molecule has 0 saturated heterocycles. The maximum atomic E-state index is 13.9. The van der Waals surface area contributed by atoms with Gasteiger partial charge in [-0.2, -0.15) is 4.31 Å². The van der Waals surface area contributed by atoms with Gasteiger partial charge in [-0.15, -0.1) is 0 Å². The first-order chi connectivity index (χ1) is 17.4. The average Bonchev–Trinajstić information content (AvgIpc) is 2.90. The van der Waals surface area contributed by atoms with E-state index in [9.17, 15) is 13.2 Å². The van der Waals surface area contributed by atoms with Gasteiger partial charge >= 0.3 is 0 Å². The van der Waals surface area contributed by atoms with Crippen molar-refractivity contribution in [1.29, 1.82) is 0 Å². The van der Waals surface area contributed by atoms with E-state index in [4.69, 9.17) is 9.72 Å². The number of hydrogen-bond donors (Lipinski definition) is 0. The quantitative estimate of drug-likeness (QED) is 0.291. The predicted molar refractivity (Wildman–Crippen MR) is 142 cm³/mol. The Morgan fingerprint density at radius 2 is 1.61 bits per heavy atom. The van der Waals surface area contributed by atoms with Crippen LogP contribution in [0.4, 0.5) is 0 Å². The first-order valence-electron chi connectivity index (χ1n) is 12.2. The van der Waals surface area contributed by atoms with Gasteiger partial charge in [0, 0.05) is 6.54 Å². The third kappa shape index (κ3) is 4.92. The highest BCUT2D eigenvalue weighted by Gasteiger charge is 2.33. The van der Waals surface area contributed by atoms with E-state index in [1.165, 1.54) is 8.87 Å². The number of hydrogen-bond acceptors (Lipinski definition) is 5. The summed E-state index contributed by atoms with van der Waals surface area (Å²) >= 11 is 0. The van der Waals surface area contributed by atoms with Crippen molar-refractivity contribution >= 4 is 20.9 Å². The number of benzene rings is 3. The number of nitrogens with zero attached hydrogens (tertiary/aromatic N) is 3. The highest BCUT2D eigenvalue weighted by atomic mass is 32.2. The molecule has 1 atom stereocenters. The summed E-state index contributed by atoms with van der Waals surface area (Å²) in [4.78, 5) is 18.9. The third-order valence-electron chi connectivity index (χ3n) is 6.10. The van der Waals surface area contributed by atoms with Crippen molar-refractivity contribution in [3.05, 3.63) is 95.0 Å². The Kier molecular flexibility index (Phi) is 7.86. The Balaban J connectivity index is 1.98. The molecule has 8 heteroatoms. The third-order valence-corrected chi connectivity index (χ3v) is 8.08. The summed E-state index contributed by atoms with van der Waals surface area (Å²) in [6.07, 6.45) is 1.49. The van der Waals surface area contributed by atoms with E-state index in [1.807, 2.05) is 32.0 Å². The lowest BCUT2D eigenvalue weighted by molar-refractivity contribution is 0.319. The monoisotopic (exact) mass is 505 g/mol. The van der Waals surface area contributed by atoms with Crippen LogP contribution in [-0.4, -0.2) is 35.4 Å². The average molecular weight is 506 g/mol. The van der Waals surface area contributed by atoms with Crippen molar-refractivity contribution in [3.8, 4) is 11.4 Å². The number of sulfonamides is 1. The summed E-state index contributed by atoms with van der Waals surface area (Å²) in [6, 6.07) is 22.0. The minimum atomic E-state index is -3.86. The van der Waals surface area contributed by atoms with Gasteiger partial charge in [0.15, 0.2) is 0 Å². The van der Waals surface area contributed by atoms with Gasteiger partial charge in [0.05, 0.1) is 34.1 Å². The molecule has 1 aromatic heterocycles. The lowest BCUT2D eigenvalue weighted by Crippen LogP contribution is -2.38. The highest BCUT2D eigenvalue weighted by molar-refractivity contribution is 7.89. The first kappa shape index (κ1) is 25.6. The molecule has 0 aliphatic heterocycles. The van der Waals surface area contributed by atoms with Crippen molar-refractivity contribution in [3.63, 3.8) is 0 Å². The van der Waals surface area contributed by atoms with E-state index < -0.39 is 16.1 Å². The van der Waals surface area contributed by atoms with Gasteiger partial charge in [0.2, 0.25) is 10.0 Å². The predicted octanol–water partition coefficient (Wildman–Crippen LogP) is 5.34. The van der Waals surface area contributed by atoms with E-state index in [-0.39, 0.29) is 10.5 Å². The molecule has 3 aromatic carbocycles. The van der Waals surface area contributed by atoms with Gasteiger partial charge in [-0.25, -0.2) is 13.4 Å². The maximum Gasteiger partial charge on any atom is 0.266 e. The fourth-order valence-corrected chi connectivity index (χ4v) is 5.93. The molecule has 0 aliphatic rings. The van der Waals surface area contributed by atoms with E-state index in [2.05, 4.69) is 0 Å². The van der Waals surface area contributed by atoms with E-state index in [0.29, 0.717) is 47.7 Å². The SMILES string of the molecule is CCCCN(C(C)c1nc2ccccc2c(=O)n1-c1ccccc1OCC)S(=O)(=O)c1ccccc1. The molecule has 4 aromatic rings. The summed E-state index contributed by atoms with van der Waals surface area (Å²) in [5.41, 5.74) is 0.765. The van der Waals surface area contributed by atoms with Crippen molar-refractivity contribution in [1.82, 2.24) is 13.9 Å². The molecule has 1 heterocycles. The Morgan fingerprint density at radius 3 is 2.33 bits per heavy atom. The Hall–Kier alpha value is -3.49. The second kappa shape index (κ2) is 11.1. The lowest BCUT2D eigenvalue weighted by Gasteiger charge is -2.30. The molecular weight excluding hydrogens is 474 g/mol. The summed E-state index contributed by atoms with van der Waals surface area (Å²) in [7, 11) is -3.86. The first-order valence-corrected chi connectivity index (χ1v) is 13.6. The van der Waals surface area contributed by atoms with Crippen LogP contribution in [0.1, 0.15) is 45.5 Å². The number of unbranched alkanes of at least 4 members (excludes halogenated alkanes) is 1. The van der Waals surface area contributed by atoms with Gasteiger partial charge in [0.1, 0.15) is 11.6 Å². The molecule has 0 amide bonds. The lowest BCUT2D eigenvalue weighted by atomic mass is 10.2. The molecule has 0 spiro atoms. The summed E-state index contributed by atoms with van der Waals surface area (Å²) in [5, 5.41) is 0.450. The van der Waals surface area contributed by atoms with Crippen LogP contribution in [0.5, 0.6) is 5.75 Å². The number of rotatable bonds is 10. The van der Waals surface area contributed by atoms with Crippen LogP contribution < -0.4 is 10.3 Å². The standard InChI is InChI=1S/C28H31N3O4S/c1-4-6-20-30(36(33,34)22-14-8-7-9-15-22)21(3)27-29-24-17-11-10-16-23(24)28(32)31(27)25-18-12-13-19-26(25)35-5-2/h7-19,21H,4-6,20H2,1-3H3. The number of para-hydroxylation sites is 3. The zero-order valence-electron chi connectivity index (χ0n) is 20.8. The van der Waals surface area contributed by atoms with Crippen molar-refractivity contribution in [2.24, 2.45) is 0 Å². The molecule has 0 bridgehead atoms. The number of aromatic nitrogens is 2. The minimum absolute atomic E-state index is 0.206. The second-order valence-electron chi connectivity index (χ2n) is 8.49. The van der Waals surface area contributed by atoms with Gasteiger partial charge in [-0.1, -0.05) is 55.8 Å². The molecule has 0 fully saturated rings. The minimum Gasteiger partial charge on any atom is -0.492 e. The summed E-state index contributed by atoms with van der Waals surface area (Å²) < 4.78 is 36.4. The number of fused-ring (bicyclic) bond motifs is 1. The normalized spacial score (nSPS) is 12.7. The van der Waals surface area contributed by atoms with E-state index in [0.717, 1.165) is 6.42 Å². The van der Waals surface area contributed by atoms with E-state index in [1.54, 1.807) is 67.6 Å². The largest absolute Gasteiger partial charge is 0.492 e. The molecule has 7 nitrogen and oxygen atoms in total. The van der Waals surface area contributed by atoms with Gasteiger partial charge in [-0.3, -0.25) is 9.36 Å². The number of ether oxygens (including phenoxy) is 1. The Morgan fingerprint density at radius 1 is 0.944 bits per heavy atom. The van der Waals surface area contributed by atoms with E-state index >= 15 is 0 Å². The molecule has 188 valence electrons. The van der Waals surface area contributed by atoms with Crippen molar-refractivity contribution < 1.29 is 13.2 Å². The van der Waals surface area contributed by atoms with Gasteiger partial charge in [0.25, 0.3) is 5.56 Å². The summed E-state index contributed by atoms with van der Waals surface area (Å²) in [6.45, 7) is 6.39. The van der Waals surface area contributed by atoms with Crippen molar-refractivity contribution in [2.45, 2.75) is 44.6 Å². The molecule has 4 rings (SSSR count). The Bertz CT molecular complexity index is 1500. The highest BCUT2D eigenvalue weighted by Crippen LogP contribution is 2.31. The van der Waals surface area contributed by atoms with Gasteiger partial charge < -0.3 is 4.74 Å². The van der Waals surface area contributed by atoms with Gasteiger partial charge in [-0.05, 0) is 56.7 Å². The molecular formula is C28H31N3O4S. The van der Waals surface area contributed by atoms with Crippen LogP contribution in [-0.2, 0) is 10.0 Å². The van der Waals surface area contributed by atoms with Crippen LogP contribution in [0.15, 0.2) is 88.6 Å². The molecule has 0 N–H and O–H groups in total. The fourth-order valence-electron chi connectivity index (χ4n) is 4.27. The zero-order chi connectivity index (χ0) is 25.7. The summed E-state index contributed by atoms with van der Waals surface area (Å²) in [5.74, 6) is 0.861. The molecule has 0 saturated carbocycles. The smallest absolute Gasteiger partial charge is 0.266 e. The van der Waals surface area contributed by atoms with Crippen molar-refractivity contribution in [2.75, 3.05) is 13.2 Å². The van der Waals surface area contributed by atoms with Crippen LogP contribution in [0.3, 0.4) is 0 Å². The maximum absolute atomic E-state index is 13.9. The Labute approximate surface area is 212 Å². The molecule has 1 unspecified atom stereocenters. The van der Waals surface area contributed by atoms with Crippen LogP contribution in [0, 0.1) is 0 Å². The zero-order valence-corrected chi connectivity index (χ0v) is 21.6. The van der Waals surface area contributed by atoms with Crippen LogP contribution >= 0.6 is 0 Å². The molecule has 36 heavy (non-hydrogen) atoms. The van der Waals surface area contributed by atoms with Crippen LogP contribution in [0.25, 0.3) is 16.6 Å². The molecule has 0 aliphatic carbocycles. The molecule has 0 radical (unpaired) electrons.